The number of hydrogen-bond acceptors (Lipinski definition) is 2. The van der Waals surface area contributed by atoms with Gasteiger partial charge >= 0.3 is 5.97 Å². The van der Waals surface area contributed by atoms with Crippen molar-refractivity contribution in [1.82, 2.24) is 0 Å². The molecule has 1 fully saturated rings. The summed E-state index contributed by atoms with van der Waals surface area (Å²) >= 11 is 3.39. The van der Waals surface area contributed by atoms with E-state index in [0.717, 1.165) is 29.5 Å². The van der Waals surface area contributed by atoms with E-state index in [-0.39, 0.29) is 6.04 Å². The fourth-order valence-corrected chi connectivity index (χ4v) is 2.37. The molecule has 1 atom stereocenters. The Labute approximate surface area is 96.8 Å². The predicted molar refractivity (Wildman–Crippen MR) is 62.1 cm³/mol. The molecule has 3 nitrogen and oxygen atoms in total. The first-order valence-corrected chi connectivity index (χ1v) is 5.73. The van der Waals surface area contributed by atoms with E-state index in [9.17, 15) is 4.79 Å². The molecule has 1 saturated heterocycles. The smallest absolute Gasteiger partial charge is 0.326 e. The average Bonchev–Trinajstić information content (AvgIpc) is 2.65. The highest BCUT2D eigenvalue weighted by Crippen LogP contribution is 2.27. The third-order valence-corrected chi connectivity index (χ3v) is 3.17. The number of aliphatic carboxylic acids is 1. The Morgan fingerprint density at radius 2 is 2.33 bits per heavy atom. The normalized spacial score (nSPS) is 20.6. The lowest BCUT2D eigenvalue weighted by molar-refractivity contribution is -0.138. The third kappa shape index (κ3) is 2.15. The van der Waals surface area contributed by atoms with Gasteiger partial charge in [0, 0.05) is 16.7 Å². The zero-order chi connectivity index (χ0) is 10.8. The third-order valence-electron chi connectivity index (χ3n) is 2.68. The van der Waals surface area contributed by atoms with E-state index in [1.54, 1.807) is 0 Å². The maximum atomic E-state index is 11.0. The fraction of sp³-hybridized carbons (Fsp3) is 0.364. The molecule has 0 saturated carbocycles. The summed E-state index contributed by atoms with van der Waals surface area (Å²) in [6.07, 6.45) is 1.69. The van der Waals surface area contributed by atoms with Gasteiger partial charge in [0.15, 0.2) is 0 Å². The summed E-state index contributed by atoms with van der Waals surface area (Å²) in [6.45, 7) is 0.827. The zero-order valence-electron chi connectivity index (χ0n) is 8.19. The van der Waals surface area contributed by atoms with E-state index < -0.39 is 5.97 Å². The Hall–Kier alpha value is -1.03. The van der Waals surface area contributed by atoms with Crippen molar-refractivity contribution >= 4 is 27.6 Å². The second kappa shape index (κ2) is 4.23. The van der Waals surface area contributed by atoms with E-state index in [4.69, 9.17) is 5.11 Å². The van der Waals surface area contributed by atoms with Crippen LogP contribution in [0.25, 0.3) is 0 Å². The molecular weight excluding hydrogens is 258 g/mol. The molecule has 1 aliphatic rings. The number of carboxylic acids is 1. The highest BCUT2D eigenvalue weighted by atomic mass is 79.9. The largest absolute Gasteiger partial charge is 0.480 e. The molecule has 1 N–H and O–H groups in total. The van der Waals surface area contributed by atoms with E-state index in [1.807, 2.05) is 29.2 Å². The lowest BCUT2D eigenvalue weighted by atomic mass is 10.2. The first kappa shape index (κ1) is 10.5. The van der Waals surface area contributed by atoms with Gasteiger partial charge in [0.2, 0.25) is 0 Å². The molecule has 0 bridgehead atoms. The van der Waals surface area contributed by atoms with Crippen LogP contribution in [-0.2, 0) is 4.79 Å². The monoisotopic (exact) mass is 269 g/mol. The van der Waals surface area contributed by atoms with Crippen LogP contribution >= 0.6 is 15.9 Å². The first-order chi connectivity index (χ1) is 7.18. The maximum Gasteiger partial charge on any atom is 0.326 e. The number of hydrogen-bond donors (Lipinski definition) is 1. The molecule has 0 amide bonds. The van der Waals surface area contributed by atoms with Crippen LogP contribution in [0.15, 0.2) is 28.7 Å². The van der Waals surface area contributed by atoms with Crippen molar-refractivity contribution in [3.8, 4) is 0 Å². The molecule has 0 radical (unpaired) electrons. The lowest BCUT2D eigenvalue weighted by Gasteiger charge is -2.23. The van der Waals surface area contributed by atoms with Crippen LogP contribution in [0.1, 0.15) is 12.8 Å². The van der Waals surface area contributed by atoms with Crippen molar-refractivity contribution in [2.45, 2.75) is 18.9 Å². The summed E-state index contributed by atoms with van der Waals surface area (Å²) in [6, 6.07) is 7.42. The molecule has 1 aromatic carbocycles. The highest BCUT2D eigenvalue weighted by molar-refractivity contribution is 9.10. The molecule has 15 heavy (non-hydrogen) atoms. The molecule has 0 aromatic heterocycles. The van der Waals surface area contributed by atoms with E-state index in [2.05, 4.69) is 15.9 Å². The fourth-order valence-electron chi connectivity index (χ4n) is 1.99. The molecule has 1 unspecified atom stereocenters. The van der Waals surface area contributed by atoms with Gasteiger partial charge in [0.1, 0.15) is 6.04 Å². The SMILES string of the molecule is O=C(O)C1CCCN1c1cccc(Br)c1. The van der Waals surface area contributed by atoms with E-state index >= 15 is 0 Å². The Morgan fingerprint density at radius 1 is 1.53 bits per heavy atom. The van der Waals surface area contributed by atoms with Crippen molar-refractivity contribution < 1.29 is 9.90 Å². The first-order valence-electron chi connectivity index (χ1n) is 4.93. The minimum Gasteiger partial charge on any atom is -0.480 e. The van der Waals surface area contributed by atoms with Gasteiger partial charge in [0.05, 0.1) is 0 Å². The molecule has 2 rings (SSSR count). The molecule has 80 valence electrons. The Kier molecular flexibility index (Phi) is 2.95. The van der Waals surface area contributed by atoms with Crippen LogP contribution < -0.4 is 4.90 Å². The molecule has 1 heterocycles. The summed E-state index contributed by atoms with van der Waals surface area (Å²) < 4.78 is 0.982. The van der Waals surface area contributed by atoms with Gasteiger partial charge in [0.25, 0.3) is 0 Å². The van der Waals surface area contributed by atoms with E-state index in [1.165, 1.54) is 0 Å². The van der Waals surface area contributed by atoms with Gasteiger partial charge in [-0.2, -0.15) is 0 Å². The molecule has 1 aliphatic heterocycles. The molecule has 4 heteroatoms. The van der Waals surface area contributed by atoms with Gasteiger partial charge in [-0.05, 0) is 31.0 Å². The van der Waals surface area contributed by atoms with Crippen LogP contribution in [0, 0.1) is 0 Å². The van der Waals surface area contributed by atoms with Crippen LogP contribution in [-0.4, -0.2) is 23.7 Å². The van der Waals surface area contributed by atoms with Gasteiger partial charge in [-0.1, -0.05) is 22.0 Å². The number of anilines is 1. The number of nitrogens with zero attached hydrogens (tertiary/aromatic N) is 1. The lowest BCUT2D eigenvalue weighted by Crippen LogP contribution is -2.35. The number of halogens is 1. The second-order valence-electron chi connectivity index (χ2n) is 3.67. The summed E-state index contributed by atoms with van der Waals surface area (Å²) in [5.74, 6) is -0.729. The Morgan fingerprint density at radius 3 is 3.00 bits per heavy atom. The van der Waals surface area contributed by atoms with Crippen LogP contribution in [0.3, 0.4) is 0 Å². The molecule has 0 spiro atoms. The van der Waals surface area contributed by atoms with Gasteiger partial charge in [-0.15, -0.1) is 0 Å². The molecule has 0 aliphatic carbocycles. The van der Waals surface area contributed by atoms with Crippen LogP contribution in [0.5, 0.6) is 0 Å². The number of carboxylic acid groups (broad SMARTS) is 1. The zero-order valence-corrected chi connectivity index (χ0v) is 9.77. The molecular formula is C11H12BrNO2. The van der Waals surface area contributed by atoms with Crippen molar-refractivity contribution in [2.24, 2.45) is 0 Å². The second-order valence-corrected chi connectivity index (χ2v) is 4.59. The molecule has 1 aromatic rings. The quantitative estimate of drug-likeness (QED) is 0.897. The van der Waals surface area contributed by atoms with Crippen molar-refractivity contribution in [2.75, 3.05) is 11.4 Å². The minimum absolute atomic E-state index is 0.362. The highest BCUT2D eigenvalue weighted by Gasteiger charge is 2.30. The van der Waals surface area contributed by atoms with Crippen LogP contribution in [0.4, 0.5) is 5.69 Å². The average molecular weight is 270 g/mol. The van der Waals surface area contributed by atoms with Crippen molar-refractivity contribution in [3.05, 3.63) is 28.7 Å². The summed E-state index contributed by atoms with van der Waals surface area (Å²) in [5.41, 5.74) is 0.981. The van der Waals surface area contributed by atoms with Gasteiger partial charge < -0.3 is 10.0 Å². The minimum atomic E-state index is -0.729. The summed E-state index contributed by atoms with van der Waals surface area (Å²) in [5, 5.41) is 9.06. The van der Waals surface area contributed by atoms with Gasteiger partial charge in [-0.25, -0.2) is 4.79 Å². The predicted octanol–water partition coefficient (Wildman–Crippen LogP) is 2.50. The van der Waals surface area contributed by atoms with Crippen molar-refractivity contribution in [3.63, 3.8) is 0 Å². The Balaban J connectivity index is 2.26. The number of carbonyl (C=O) groups is 1. The van der Waals surface area contributed by atoms with Crippen molar-refractivity contribution in [1.29, 1.82) is 0 Å². The summed E-state index contributed by atoms with van der Waals surface area (Å²) in [7, 11) is 0. The van der Waals surface area contributed by atoms with Gasteiger partial charge in [-0.3, -0.25) is 0 Å². The maximum absolute atomic E-state index is 11.0. The number of rotatable bonds is 2. The van der Waals surface area contributed by atoms with Crippen LogP contribution in [0.2, 0.25) is 0 Å². The standard InChI is InChI=1S/C11H12BrNO2/c12-8-3-1-4-9(7-8)13-6-2-5-10(13)11(14)15/h1,3-4,7,10H,2,5-6H2,(H,14,15). The summed E-state index contributed by atoms with van der Waals surface area (Å²) in [4.78, 5) is 13.0. The number of benzene rings is 1. The van der Waals surface area contributed by atoms with E-state index in [0.29, 0.717) is 0 Å². The Bertz CT molecular complexity index is 381. The topological polar surface area (TPSA) is 40.5 Å².